The summed E-state index contributed by atoms with van der Waals surface area (Å²) in [6.45, 7) is 5.18. The van der Waals surface area contributed by atoms with Gasteiger partial charge in [0, 0.05) is 22.0 Å². The quantitative estimate of drug-likeness (QED) is 0.847. The third-order valence-corrected chi connectivity index (χ3v) is 4.44. The number of rotatable bonds is 6. The van der Waals surface area contributed by atoms with Crippen LogP contribution in [-0.4, -0.2) is 12.6 Å². The van der Waals surface area contributed by atoms with E-state index in [-0.39, 0.29) is 5.54 Å². The molecule has 0 unspecified atom stereocenters. The molecule has 1 heterocycles. The van der Waals surface area contributed by atoms with Gasteiger partial charge in [0.15, 0.2) is 0 Å². The maximum atomic E-state index is 6.26. The second-order valence-corrected chi connectivity index (χ2v) is 6.89. The van der Waals surface area contributed by atoms with Gasteiger partial charge >= 0.3 is 0 Å². The number of ether oxygens (including phenoxy) is 1. The Morgan fingerprint density at radius 1 is 1.30 bits per heavy atom. The third kappa shape index (κ3) is 4.23. The topological polar surface area (TPSA) is 21.3 Å². The van der Waals surface area contributed by atoms with Crippen LogP contribution >= 0.6 is 22.9 Å². The van der Waals surface area contributed by atoms with E-state index in [0.29, 0.717) is 0 Å². The average Bonchev–Trinajstić information content (AvgIpc) is 2.89. The van der Waals surface area contributed by atoms with Gasteiger partial charge in [0.1, 0.15) is 5.75 Å². The Kier molecular flexibility index (Phi) is 5.08. The molecule has 2 rings (SSSR count). The number of halogens is 1. The van der Waals surface area contributed by atoms with Crippen molar-refractivity contribution in [1.82, 2.24) is 5.32 Å². The first-order valence-electron chi connectivity index (χ1n) is 6.60. The van der Waals surface area contributed by atoms with Crippen LogP contribution in [0.3, 0.4) is 0 Å². The van der Waals surface area contributed by atoms with Crippen LogP contribution in [0.25, 0.3) is 0 Å². The van der Waals surface area contributed by atoms with E-state index in [9.17, 15) is 0 Å². The Hall–Kier alpha value is -1.03. The van der Waals surface area contributed by atoms with Crippen molar-refractivity contribution in [2.24, 2.45) is 0 Å². The Bertz CT molecular complexity index is 552. The normalized spacial score (nSPS) is 11.6. The van der Waals surface area contributed by atoms with Crippen molar-refractivity contribution in [3.8, 4) is 5.75 Å². The van der Waals surface area contributed by atoms with Gasteiger partial charge in [-0.05, 0) is 49.4 Å². The zero-order valence-electron chi connectivity index (χ0n) is 12.1. The van der Waals surface area contributed by atoms with Crippen LogP contribution in [0.2, 0.25) is 5.02 Å². The van der Waals surface area contributed by atoms with E-state index in [1.54, 1.807) is 18.4 Å². The number of nitrogens with one attached hydrogen (secondary N) is 1. The van der Waals surface area contributed by atoms with Gasteiger partial charge in [-0.1, -0.05) is 23.7 Å². The molecule has 1 aromatic carbocycles. The van der Waals surface area contributed by atoms with E-state index < -0.39 is 0 Å². The zero-order chi connectivity index (χ0) is 14.6. The Labute approximate surface area is 129 Å². The lowest BCUT2D eigenvalue weighted by atomic mass is 9.99. The van der Waals surface area contributed by atoms with Crippen LogP contribution in [0, 0.1) is 0 Å². The molecule has 0 saturated carbocycles. The minimum Gasteiger partial charge on any atom is -0.497 e. The minimum absolute atomic E-state index is 0.0358. The molecular weight excluding hydrogens is 290 g/mol. The summed E-state index contributed by atoms with van der Waals surface area (Å²) in [5, 5.41) is 6.43. The van der Waals surface area contributed by atoms with Crippen LogP contribution in [0.1, 0.15) is 24.3 Å². The van der Waals surface area contributed by atoms with Crippen LogP contribution in [0.5, 0.6) is 5.75 Å². The molecule has 1 aromatic heterocycles. The molecule has 2 nitrogen and oxygen atoms in total. The number of thiophene rings is 1. The zero-order valence-corrected chi connectivity index (χ0v) is 13.6. The van der Waals surface area contributed by atoms with Crippen molar-refractivity contribution in [1.29, 1.82) is 0 Å². The molecule has 0 aliphatic heterocycles. The van der Waals surface area contributed by atoms with Gasteiger partial charge in [0.25, 0.3) is 0 Å². The van der Waals surface area contributed by atoms with Gasteiger partial charge in [-0.3, -0.25) is 0 Å². The number of hydrogen-bond acceptors (Lipinski definition) is 3. The minimum atomic E-state index is 0.0358. The highest BCUT2D eigenvalue weighted by Gasteiger charge is 2.18. The number of benzene rings is 1. The Morgan fingerprint density at radius 3 is 2.70 bits per heavy atom. The van der Waals surface area contributed by atoms with Crippen molar-refractivity contribution >= 4 is 22.9 Å². The molecule has 0 amide bonds. The molecule has 2 aromatic rings. The molecular formula is C16H20ClNOS. The van der Waals surface area contributed by atoms with Gasteiger partial charge in [0.05, 0.1) is 7.11 Å². The lowest BCUT2D eigenvalue weighted by Gasteiger charge is -2.26. The summed E-state index contributed by atoms with van der Waals surface area (Å²) in [6.07, 6.45) is 1.01. The molecule has 0 bridgehead atoms. The molecule has 0 aliphatic carbocycles. The summed E-state index contributed by atoms with van der Waals surface area (Å²) >= 11 is 8.06. The first kappa shape index (κ1) is 15.4. The monoisotopic (exact) mass is 309 g/mol. The van der Waals surface area contributed by atoms with Gasteiger partial charge in [0.2, 0.25) is 0 Å². The van der Waals surface area contributed by atoms with E-state index >= 15 is 0 Å². The molecule has 0 spiro atoms. The van der Waals surface area contributed by atoms with Gasteiger partial charge in [-0.2, -0.15) is 0 Å². The summed E-state index contributed by atoms with van der Waals surface area (Å²) in [4.78, 5) is 1.39. The molecule has 0 atom stereocenters. The number of hydrogen-bond donors (Lipinski definition) is 1. The lowest BCUT2D eigenvalue weighted by molar-refractivity contribution is 0.386. The molecule has 108 valence electrons. The van der Waals surface area contributed by atoms with Gasteiger partial charge in [-0.25, -0.2) is 0 Å². The fourth-order valence-corrected chi connectivity index (χ4v) is 3.21. The summed E-state index contributed by atoms with van der Waals surface area (Å²) in [7, 11) is 1.65. The van der Waals surface area contributed by atoms with Crippen molar-refractivity contribution in [2.75, 3.05) is 7.11 Å². The molecule has 1 N–H and O–H groups in total. The Morgan fingerprint density at radius 2 is 2.10 bits per heavy atom. The summed E-state index contributed by atoms with van der Waals surface area (Å²) in [6, 6.07) is 10.1. The van der Waals surface area contributed by atoms with Crippen molar-refractivity contribution in [2.45, 2.75) is 32.4 Å². The van der Waals surface area contributed by atoms with Crippen LogP contribution in [0.4, 0.5) is 0 Å². The third-order valence-electron chi connectivity index (χ3n) is 3.21. The fourth-order valence-electron chi connectivity index (χ4n) is 2.04. The van der Waals surface area contributed by atoms with E-state index in [0.717, 1.165) is 29.3 Å². The molecule has 0 aliphatic rings. The lowest BCUT2D eigenvalue weighted by Crippen LogP contribution is -2.40. The summed E-state index contributed by atoms with van der Waals surface area (Å²) in [5.74, 6) is 0.789. The molecule has 0 saturated heterocycles. The molecule has 20 heavy (non-hydrogen) atoms. The molecule has 0 radical (unpaired) electrons. The second-order valence-electron chi connectivity index (χ2n) is 5.45. The van der Waals surface area contributed by atoms with E-state index in [4.69, 9.17) is 16.3 Å². The van der Waals surface area contributed by atoms with Crippen LogP contribution in [-0.2, 0) is 13.0 Å². The molecule has 0 fully saturated rings. The highest BCUT2D eigenvalue weighted by Crippen LogP contribution is 2.23. The smallest absolute Gasteiger partial charge is 0.120 e. The first-order valence-corrected chi connectivity index (χ1v) is 7.86. The summed E-state index contributed by atoms with van der Waals surface area (Å²) < 4.78 is 5.16. The van der Waals surface area contributed by atoms with Crippen LogP contribution in [0.15, 0.2) is 35.7 Å². The SMILES string of the molecule is COc1ccc(CNC(C)(C)Cc2cccs2)c(Cl)c1. The van der Waals surface area contributed by atoms with E-state index in [1.165, 1.54) is 4.88 Å². The summed E-state index contributed by atoms with van der Waals surface area (Å²) in [5.41, 5.74) is 1.13. The maximum absolute atomic E-state index is 6.26. The van der Waals surface area contributed by atoms with Gasteiger partial charge in [-0.15, -0.1) is 11.3 Å². The second kappa shape index (κ2) is 6.61. The van der Waals surface area contributed by atoms with E-state index in [2.05, 4.69) is 36.7 Å². The predicted molar refractivity (Wildman–Crippen MR) is 86.9 cm³/mol. The highest BCUT2D eigenvalue weighted by atomic mass is 35.5. The number of methoxy groups -OCH3 is 1. The van der Waals surface area contributed by atoms with Gasteiger partial charge < -0.3 is 10.1 Å². The fraction of sp³-hybridized carbons (Fsp3) is 0.375. The first-order chi connectivity index (χ1) is 9.50. The predicted octanol–water partition coefficient (Wildman–Crippen LogP) is 4.52. The molecule has 4 heteroatoms. The van der Waals surface area contributed by atoms with Crippen molar-refractivity contribution in [3.63, 3.8) is 0 Å². The van der Waals surface area contributed by atoms with E-state index in [1.807, 2.05) is 18.2 Å². The maximum Gasteiger partial charge on any atom is 0.120 e. The van der Waals surface area contributed by atoms with Crippen LogP contribution < -0.4 is 10.1 Å². The largest absolute Gasteiger partial charge is 0.497 e. The Balaban J connectivity index is 1.97. The van der Waals surface area contributed by atoms with Crippen molar-refractivity contribution < 1.29 is 4.74 Å². The average molecular weight is 310 g/mol. The van der Waals surface area contributed by atoms with Crippen molar-refractivity contribution in [3.05, 3.63) is 51.2 Å². The highest BCUT2D eigenvalue weighted by molar-refractivity contribution is 7.09. The standard InChI is InChI=1S/C16H20ClNOS/c1-16(2,10-14-5-4-8-20-14)18-11-12-6-7-13(19-3)9-15(12)17/h4-9,18H,10-11H2,1-3H3.